The molecule has 0 heterocycles. The van der Waals surface area contributed by atoms with Crippen molar-refractivity contribution < 1.29 is 9.47 Å². The van der Waals surface area contributed by atoms with Gasteiger partial charge in [-0.2, -0.15) is 0 Å². The highest BCUT2D eigenvalue weighted by molar-refractivity contribution is 5.77. The van der Waals surface area contributed by atoms with Crippen LogP contribution in [-0.2, 0) is 9.47 Å². The van der Waals surface area contributed by atoms with E-state index in [4.69, 9.17) is 15.2 Å². The van der Waals surface area contributed by atoms with Gasteiger partial charge in [0, 0.05) is 19.8 Å². The van der Waals surface area contributed by atoms with E-state index in [1.165, 1.54) is 6.42 Å². The van der Waals surface area contributed by atoms with Gasteiger partial charge in [-0.25, -0.2) is 0 Å². The lowest BCUT2D eigenvalue weighted by Gasteiger charge is -2.07. The summed E-state index contributed by atoms with van der Waals surface area (Å²) < 4.78 is 10.8. The minimum Gasteiger partial charge on any atom is -0.380 e. The fourth-order valence-corrected chi connectivity index (χ4v) is 1.48. The van der Waals surface area contributed by atoms with E-state index < -0.39 is 0 Å². The Morgan fingerprint density at radius 2 is 1.89 bits per heavy atom. The Kier molecular flexibility index (Phi) is 13.0. The predicted octanol–water partition coefficient (Wildman–Crippen LogP) is 1.77. The van der Waals surface area contributed by atoms with Crippen LogP contribution in [0.25, 0.3) is 0 Å². The maximum Gasteiger partial charge on any atom is 0.188 e. The Bertz CT molecular complexity index is 221. The molecule has 3 N–H and O–H groups in total. The molecule has 0 radical (unpaired) electrons. The summed E-state index contributed by atoms with van der Waals surface area (Å²) in [6.45, 7) is 10.7. The molecule has 0 aliphatic heterocycles. The lowest BCUT2D eigenvalue weighted by atomic mass is 10.1. The van der Waals surface area contributed by atoms with E-state index in [0.717, 1.165) is 32.0 Å². The van der Waals surface area contributed by atoms with E-state index in [9.17, 15) is 0 Å². The molecule has 0 amide bonds. The smallest absolute Gasteiger partial charge is 0.188 e. The Morgan fingerprint density at radius 1 is 1.16 bits per heavy atom. The van der Waals surface area contributed by atoms with Crippen LogP contribution in [0.5, 0.6) is 0 Å². The number of aliphatic imine (C=N–C) groups is 1. The molecule has 0 aromatic rings. The van der Waals surface area contributed by atoms with Gasteiger partial charge in [0.2, 0.25) is 0 Å². The quantitative estimate of drug-likeness (QED) is 0.323. The average Bonchev–Trinajstić information content (AvgIpc) is 2.37. The van der Waals surface area contributed by atoms with Gasteiger partial charge in [-0.15, -0.1) is 0 Å². The predicted molar refractivity (Wildman–Crippen MR) is 80.5 cm³/mol. The molecular weight excluding hydrogens is 242 g/mol. The zero-order valence-electron chi connectivity index (χ0n) is 12.8. The van der Waals surface area contributed by atoms with Crippen LogP contribution in [0, 0.1) is 5.92 Å². The largest absolute Gasteiger partial charge is 0.380 e. The first-order chi connectivity index (χ1) is 9.16. The van der Waals surface area contributed by atoms with Crippen molar-refractivity contribution in [3.63, 3.8) is 0 Å². The normalized spacial score (nSPS) is 12.1. The van der Waals surface area contributed by atoms with Crippen molar-refractivity contribution in [2.45, 2.75) is 40.0 Å². The van der Waals surface area contributed by atoms with Crippen molar-refractivity contribution in [1.29, 1.82) is 0 Å². The van der Waals surface area contributed by atoms with Gasteiger partial charge < -0.3 is 20.5 Å². The summed E-state index contributed by atoms with van der Waals surface area (Å²) in [4.78, 5) is 4.18. The van der Waals surface area contributed by atoms with E-state index in [1.807, 2.05) is 0 Å². The van der Waals surface area contributed by atoms with E-state index in [0.29, 0.717) is 32.3 Å². The summed E-state index contributed by atoms with van der Waals surface area (Å²) in [5, 5.41) is 3.01. The first-order valence-electron chi connectivity index (χ1n) is 7.36. The number of nitrogens with two attached hydrogens (primary N) is 1. The standard InChI is InChI=1S/C14H31N3O2/c1-4-9-18-11-7-16-14(15)17-8-12-19-10-5-6-13(2)3/h13H,4-12H2,1-3H3,(H3,15,16,17). The molecule has 0 saturated heterocycles. The zero-order chi connectivity index (χ0) is 14.3. The Labute approximate surface area is 117 Å². The van der Waals surface area contributed by atoms with Gasteiger partial charge in [0.1, 0.15) is 0 Å². The maximum absolute atomic E-state index is 5.70. The lowest BCUT2D eigenvalue weighted by molar-refractivity contribution is 0.135. The molecule has 19 heavy (non-hydrogen) atoms. The highest BCUT2D eigenvalue weighted by atomic mass is 16.5. The van der Waals surface area contributed by atoms with Crippen molar-refractivity contribution >= 4 is 5.96 Å². The summed E-state index contributed by atoms with van der Waals surface area (Å²) in [5.41, 5.74) is 5.70. The van der Waals surface area contributed by atoms with Crippen molar-refractivity contribution in [2.24, 2.45) is 16.6 Å². The Morgan fingerprint density at radius 3 is 2.58 bits per heavy atom. The van der Waals surface area contributed by atoms with Crippen LogP contribution in [0.15, 0.2) is 4.99 Å². The summed E-state index contributed by atoms with van der Waals surface area (Å²) in [6.07, 6.45) is 3.37. The van der Waals surface area contributed by atoms with Crippen LogP contribution < -0.4 is 11.1 Å². The third-order valence-electron chi connectivity index (χ3n) is 2.49. The molecule has 0 aromatic carbocycles. The molecule has 0 aliphatic rings. The van der Waals surface area contributed by atoms with Crippen molar-refractivity contribution in [3.05, 3.63) is 0 Å². The Balaban J connectivity index is 3.29. The minimum atomic E-state index is 0.464. The molecule has 0 spiro atoms. The molecule has 0 bridgehead atoms. The molecule has 5 heteroatoms. The number of guanidine groups is 1. The summed E-state index contributed by atoms with van der Waals surface area (Å²) >= 11 is 0. The van der Waals surface area contributed by atoms with E-state index in [2.05, 4.69) is 31.1 Å². The third-order valence-corrected chi connectivity index (χ3v) is 2.49. The van der Waals surface area contributed by atoms with Crippen LogP contribution in [0.3, 0.4) is 0 Å². The van der Waals surface area contributed by atoms with Crippen LogP contribution >= 0.6 is 0 Å². The highest BCUT2D eigenvalue weighted by Crippen LogP contribution is 2.02. The van der Waals surface area contributed by atoms with Gasteiger partial charge in [-0.05, 0) is 25.2 Å². The lowest BCUT2D eigenvalue weighted by Crippen LogP contribution is -2.34. The van der Waals surface area contributed by atoms with Gasteiger partial charge >= 0.3 is 0 Å². The van der Waals surface area contributed by atoms with Gasteiger partial charge in [0.15, 0.2) is 5.96 Å². The van der Waals surface area contributed by atoms with Gasteiger partial charge in [0.25, 0.3) is 0 Å². The number of nitrogens with one attached hydrogen (secondary N) is 1. The van der Waals surface area contributed by atoms with Crippen molar-refractivity contribution in [1.82, 2.24) is 5.32 Å². The summed E-state index contributed by atoms with van der Waals surface area (Å²) in [5.74, 6) is 1.21. The third kappa shape index (κ3) is 15.1. The fourth-order valence-electron chi connectivity index (χ4n) is 1.48. The summed E-state index contributed by atoms with van der Waals surface area (Å²) in [6, 6.07) is 0. The highest BCUT2D eigenvalue weighted by Gasteiger charge is 1.94. The van der Waals surface area contributed by atoms with Gasteiger partial charge in [-0.1, -0.05) is 20.8 Å². The maximum atomic E-state index is 5.70. The fraction of sp³-hybridized carbons (Fsp3) is 0.929. The monoisotopic (exact) mass is 273 g/mol. The molecule has 0 atom stereocenters. The Hall–Kier alpha value is -0.810. The van der Waals surface area contributed by atoms with Crippen molar-refractivity contribution in [3.8, 4) is 0 Å². The first kappa shape index (κ1) is 18.2. The number of rotatable bonds is 12. The topological polar surface area (TPSA) is 68.9 Å². The molecule has 114 valence electrons. The molecular formula is C14H31N3O2. The van der Waals surface area contributed by atoms with Crippen LogP contribution in [-0.4, -0.2) is 45.5 Å². The SMILES string of the molecule is CCCOCCNC(N)=NCCOCCCC(C)C. The molecule has 0 fully saturated rings. The van der Waals surface area contributed by atoms with E-state index in [1.54, 1.807) is 0 Å². The molecule has 0 aliphatic carbocycles. The average molecular weight is 273 g/mol. The number of hydrogen-bond donors (Lipinski definition) is 2. The number of ether oxygens (including phenoxy) is 2. The zero-order valence-corrected chi connectivity index (χ0v) is 12.8. The second-order valence-corrected chi connectivity index (χ2v) is 4.95. The molecule has 0 rings (SSSR count). The molecule has 0 unspecified atom stereocenters. The second kappa shape index (κ2) is 13.6. The van der Waals surface area contributed by atoms with E-state index >= 15 is 0 Å². The van der Waals surface area contributed by atoms with E-state index in [-0.39, 0.29) is 0 Å². The van der Waals surface area contributed by atoms with Gasteiger partial charge in [-0.3, -0.25) is 4.99 Å². The molecule has 0 saturated carbocycles. The first-order valence-corrected chi connectivity index (χ1v) is 7.36. The van der Waals surface area contributed by atoms with Crippen LogP contribution in [0.2, 0.25) is 0 Å². The van der Waals surface area contributed by atoms with Crippen LogP contribution in [0.4, 0.5) is 0 Å². The summed E-state index contributed by atoms with van der Waals surface area (Å²) in [7, 11) is 0. The number of nitrogens with zero attached hydrogens (tertiary/aromatic N) is 1. The number of hydrogen-bond acceptors (Lipinski definition) is 3. The second-order valence-electron chi connectivity index (χ2n) is 4.95. The molecule has 5 nitrogen and oxygen atoms in total. The van der Waals surface area contributed by atoms with Gasteiger partial charge in [0.05, 0.1) is 19.8 Å². The molecule has 0 aromatic heterocycles. The van der Waals surface area contributed by atoms with Crippen molar-refractivity contribution in [2.75, 3.05) is 39.5 Å². The minimum absolute atomic E-state index is 0.464. The van der Waals surface area contributed by atoms with Crippen LogP contribution in [0.1, 0.15) is 40.0 Å².